The van der Waals surface area contributed by atoms with Gasteiger partial charge in [-0.05, 0) is 66.6 Å². The van der Waals surface area contributed by atoms with E-state index in [1.807, 2.05) is 36.4 Å². The fourth-order valence-corrected chi connectivity index (χ4v) is 3.43. The second kappa shape index (κ2) is 9.82. The zero-order valence-corrected chi connectivity index (χ0v) is 17.9. The Morgan fingerprint density at radius 3 is 2.21 bits per heavy atom. The molecule has 7 nitrogen and oxygen atoms in total. The lowest BCUT2D eigenvalue weighted by molar-refractivity contribution is -0.125. The van der Waals surface area contributed by atoms with Gasteiger partial charge in [-0.2, -0.15) is 0 Å². The fourth-order valence-electron chi connectivity index (χ4n) is 3.43. The average molecular weight is 441 g/mol. The van der Waals surface area contributed by atoms with E-state index in [1.54, 1.807) is 41.3 Å². The zero-order chi connectivity index (χ0) is 23.2. The third kappa shape index (κ3) is 5.27. The van der Waals surface area contributed by atoms with Crippen LogP contribution in [0.25, 0.3) is 5.57 Å². The first kappa shape index (κ1) is 21.8. The minimum Gasteiger partial charge on any atom is -0.457 e. The minimum absolute atomic E-state index is 0.106. The van der Waals surface area contributed by atoms with Crippen molar-refractivity contribution in [1.82, 2.24) is 9.88 Å². The van der Waals surface area contributed by atoms with Crippen LogP contribution in [0.3, 0.4) is 0 Å². The Labute approximate surface area is 191 Å². The van der Waals surface area contributed by atoms with Crippen molar-refractivity contribution in [3.63, 3.8) is 0 Å². The van der Waals surface area contributed by atoms with Gasteiger partial charge in [-0.25, -0.2) is 4.98 Å². The first-order valence-corrected chi connectivity index (χ1v) is 10.5. The van der Waals surface area contributed by atoms with Crippen LogP contribution in [0.2, 0.25) is 0 Å². The molecular weight excluding hydrogens is 418 g/mol. The van der Waals surface area contributed by atoms with Gasteiger partial charge in [0.2, 0.25) is 11.8 Å². The number of carbonyl (C=O) groups excluding carboxylic acids is 2. The number of carbonyl (C=O) groups is 2. The maximum Gasteiger partial charge on any atom is 0.254 e. The molecule has 0 saturated carbocycles. The lowest BCUT2D eigenvalue weighted by atomic mass is 10.0. The van der Waals surface area contributed by atoms with Crippen LogP contribution in [0.1, 0.15) is 22.5 Å². The molecule has 33 heavy (non-hydrogen) atoms. The van der Waals surface area contributed by atoms with Crippen molar-refractivity contribution >= 4 is 17.4 Å². The Kier molecular flexibility index (Phi) is 6.50. The van der Waals surface area contributed by atoms with Crippen LogP contribution in [0.4, 0.5) is 0 Å². The zero-order valence-electron chi connectivity index (χ0n) is 17.9. The van der Waals surface area contributed by atoms with Crippen molar-refractivity contribution in [3.8, 4) is 23.1 Å². The van der Waals surface area contributed by atoms with Crippen molar-refractivity contribution in [2.24, 2.45) is 5.73 Å². The molecule has 1 aromatic heterocycles. The summed E-state index contributed by atoms with van der Waals surface area (Å²) in [5.74, 6) is 1.26. The molecular formula is C26H23N3O4. The van der Waals surface area contributed by atoms with Crippen LogP contribution >= 0.6 is 0 Å². The molecule has 7 heteroatoms. The van der Waals surface area contributed by atoms with E-state index < -0.39 is 5.91 Å². The highest BCUT2D eigenvalue weighted by Gasteiger charge is 2.19. The predicted molar refractivity (Wildman–Crippen MR) is 125 cm³/mol. The first-order chi connectivity index (χ1) is 16.0. The Morgan fingerprint density at radius 1 is 0.939 bits per heavy atom. The van der Waals surface area contributed by atoms with Gasteiger partial charge in [0.25, 0.3) is 5.91 Å². The minimum atomic E-state index is -0.631. The van der Waals surface area contributed by atoms with Crippen LogP contribution < -0.4 is 15.2 Å². The van der Waals surface area contributed by atoms with E-state index in [0.717, 1.165) is 11.3 Å². The molecule has 2 N–H and O–H groups in total. The van der Waals surface area contributed by atoms with Gasteiger partial charge in [-0.15, -0.1) is 0 Å². The van der Waals surface area contributed by atoms with Crippen molar-refractivity contribution < 1.29 is 19.1 Å². The third-order valence-corrected chi connectivity index (χ3v) is 5.17. The van der Waals surface area contributed by atoms with E-state index in [2.05, 4.69) is 11.6 Å². The van der Waals surface area contributed by atoms with Crippen molar-refractivity contribution in [2.45, 2.75) is 6.42 Å². The summed E-state index contributed by atoms with van der Waals surface area (Å²) in [6.07, 6.45) is 3.88. The van der Waals surface area contributed by atoms with Crippen LogP contribution in [-0.4, -0.2) is 34.8 Å². The molecule has 166 valence electrons. The van der Waals surface area contributed by atoms with Crippen LogP contribution in [-0.2, 0) is 4.79 Å². The van der Waals surface area contributed by atoms with Gasteiger partial charge in [-0.3, -0.25) is 9.59 Å². The van der Waals surface area contributed by atoms with Gasteiger partial charge in [0.15, 0.2) is 0 Å². The molecule has 0 atom stereocenters. The Balaban J connectivity index is 1.53. The van der Waals surface area contributed by atoms with E-state index in [-0.39, 0.29) is 17.4 Å². The van der Waals surface area contributed by atoms with Gasteiger partial charge in [0.1, 0.15) is 22.8 Å². The molecule has 1 aliphatic rings. The standard InChI is InChI=1S/C26H23N3O4/c1-2-24(30)29-16-14-18(15-17-29)23-13-12-22(25(27)31)26(28-23)33-21-10-8-20(9-11-21)32-19-6-4-3-5-7-19/h2-14H,1,15-17H2,(H2,27,31). The number of primary amides is 1. The number of benzene rings is 2. The van der Waals surface area contributed by atoms with Gasteiger partial charge in [-0.1, -0.05) is 30.9 Å². The Hall–Kier alpha value is -4.39. The number of nitrogens with two attached hydrogens (primary N) is 1. The molecule has 0 spiro atoms. The summed E-state index contributed by atoms with van der Waals surface area (Å²) in [4.78, 5) is 30.0. The summed E-state index contributed by atoms with van der Waals surface area (Å²) in [6.45, 7) is 4.56. The second-order valence-corrected chi connectivity index (χ2v) is 7.37. The molecule has 1 aliphatic heterocycles. The first-order valence-electron chi connectivity index (χ1n) is 10.5. The Morgan fingerprint density at radius 2 is 1.61 bits per heavy atom. The molecule has 2 amide bonds. The number of ether oxygens (including phenoxy) is 2. The lowest BCUT2D eigenvalue weighted by Gasteiger charge is -2.25. The number of para-hydroxylation sites is 1. The predicted octanol–water partition coefficient (Wildman–Crippen LogP) is 4.57. The number of amides is 2. The molecule has 2 heterocycles. The number of hydrogen-bond acceptors (Lipinski definition) is 5. The summed E-state index contributed by atoms with van der Waals surface area (Å²) in [5.41, 5.74) is 7.35. The summed E-state index contributed by atoms with van der Waals surface area (Å²) in [6, 6.07) is 19.8. The van der Waals surface area contributed by atoms with Crippen LogP contribution in [0.5, 0.6) is 23.1 Å². The maximum absolute atomic E-state index is 11.9. The topological polar surface area (TPSA) is 94.8 Å². The molecule has 0 saturated heterocycles. The largest absolute Gasteiger partial charge is 0.457 e. The summed E-state index contributed by atoms with van der Waals surface area (Å²) >= 11 is 0. The number of rotatable bonds is 7. The lowest BCUT2D eigenvalue weighted by Crippen LogP contribution is -2.33. The molecule has 0 unspecified atom stereocenters. The molecule has 4 rings (SSSR count). The maximum atomic E-state index is 11.9. The van der Waals surface area contributed by atoms with E-state index >= 15 is 0 Å². The highest BCUT2D eigenvalue weighted by Crippen LogP contribution is 2.30. The second-order valence-electron chi connectivity index (χ2n) is 7.37. The number of aromatic nitrogens is 1. The van der Waals surface area contributed by atoms with E-state index in [4.69, 9.17) is 15.2 Å². The van der Waals surface area contributed by atoms with Crippen LogP contribution in [0.15, 0.2) is 85.5 Å². The molecule has 2 aromatic carbocycles. The fraction of sp³-hybridized carbons (Fsp3) is 0.115. The molecule has 0 radical (unpaired) electrons. The third-order valence-electron chi connectivity index (χ3n) is 5.17. The van der Waals surface area contributed by atoms with E-state index in [0.29, 0.717) is 36.7 Å². The highest BCUT2D eigenvalue weighted by molar-refractivity contribution is 5.95. The average Bonchev–Trinajstić information content (AvgIpc) is 2.85. The van der Waals surface area contributed by atoms with Gasteiger partial charge in [0, 0.05) is 13.1 Å². The van der Waals surface area contributed by atoms with Gasteiger partial charge in [0.05, 0.1) is 5.69 Å². The summed E-state index contributed by atoms with van der Waals surface area (Å²) in [5, 5.41) is 0. The molecule has 0 aliphatic carbocycles. The van der Waals surface area contributed by atoms with Crippen molar-refractivity contribution in [1.29, 1.82) is 0 Å². The van der Waals surface area contributed by atoms with Crippen molar-refractivity contribution in [2.75, 3.05) is 13.1 Å². The van der Waals surface area contributed by atoms with E-state index in [9.17, 15) is 9.59 Å². The summed E-state index contributed by atoms with van der Waals surface area (Å²) in [7, 11) is 0. The van der Waals surface area contributed by atoms with Gasteiger partial charge < -0.3 is 20.1 Å². The number of pyridine rings is 1. The SMILES string of the molecule is C=CC(=O)N1CC=C(c2ccc(C(N)=O)c(Oc3ccc(Oc4ccccc4)cc3)n2)CC1. The number of hydrogen-bond donors (Lipinski definition) is 1. The Bertz CT molecular complexity index is 1200. The molecule has 3 aromatic rings. The van der Waals surface area contributed by atoms with Crippen LogP contribution in [0, 0.1) is 0 Å². The van der Waals surface area contributed by atoms with Crippen molar-refractivity contribution in [3.05, 3.63) is 96.7 Å². The van der Waals surface area contributed by atoms with Gasteiger partial charge >= 0.3 is 0 Å². The summed E-state index contributed by atoms with van der Waals surface area (Å²) < 4.78 is 11.7. The smallest absolute Gasteiger partial charge is 0.254 e. The van der Waals surface area contributed by atoms with E-state index in [1.165, 1.54) is 6.08 Å². The quantitative estimate of drug-likeness (QED) is 0.542. The number of nitrogens with zero attached hydrogens (tertiary/aromatic N) is 2. The highest BCUT2D eigenvalue weighted by atomic mass is 16.5. The normalized spacial score (nSPS) is 13.1. The molecule has 0 fully saturated rings. The molecule has 0 bridgehead atoms. The monoisotopic (exact) mass is 441 g/mol.